The molecule has 4 nitrogen and oxygen atoms in total. The van der Waals surface area contributed by atoms with Gasteiger partial charge in [-0.2, -0.15) is 18.3 Å². The van der Waals surface area contributed by atoms with Crippen molar-refractivity contribution < 1.29 is 18.3 Å². The van der Waals surface area contributed by atoms with Crippen LogP contribution in [0.4, 0.5) is 13.2 Å². The summed E-state index contributed by atoms with van der Waals surface area (Å²) in [7, 11) is 0. The zero-order valence-corrected chi connectivity index (χ0v) is 10.6. The van der Waals surface area contributed by atoms with E-state index in [1.807, 2.05) is 0 Å². The van der Waals surface area contributed by atoms with Gasteiger partial charge < -0.3 is 10.4 Å². The van der Waals surface area contributed by atoms with Crippen LogP contribution in [0.15, 0.2) is 36.5 Å². The Morgan fingerprint density at radius 2 is 1.85 bits per heavy atom. The first-order valence-corrected chi connectivity index (χ1v) is 6.04. The van der Waals surface area contributed by atoms with Crippen molar-refractivity contribution in [2.45, 2.75) is 12.7 Å². The molecule has 1 aromatic carbocycles. The highest BCUT2D eigenvalue weighted by atomic mass is 19.4. The van der Waals surface area contributed by atoms with Crippen LogP contribution in [0.2, 0.25) is 0 Å². The van der Waals surface area contributed by atoms with Crippen LogP contribution in [0.1, 0.15) is 11.3 Å². The summed E-state index contributed by atoms with van der Waals surface area (Å²) >= 11 is 0. The highest BCUT2D eigenvalue weighted by molar-refractivity contribution is 5.34. The van der Waals surface area contributed by atoms with E-state index >= 15 is 0 Å². The van der Waals surface area contributed by atoms with Gasteiger partial charge in [-0.15, -0.1) is 0 Å². The van der Waals surface area contributed by atoms with Crippen molar-refractivity contribution in [2.24, 2.45) is 0 Å². The van der Waals surface area contributed by atoms with Crippen molar-refractivity contribution in [3.05, 3.63) is 47.8 Å². The fourth-order valence-electron chi connectivity index (χ4n) is 1.70. The number of aliphatic hydroxyl groups is 1. The number of benzene rings is 1. The molecule has 7 heteroatoms. The third-order valence-corrected chi connectivity index (χ3v) is 2.70. The quantitative estimate of drug-likeness (QED) is 0.826. The van der Waals surface area contributed by atoms with Crippen LogP contribution in [0.5, 0.6) is 0 Å². The molecule has 2 aromatic rings. The molecule has 0 bridgehead atoms. The number of rotatable bonds is 5. The maximum Gasteiger partial charge on any atom is 0.435 e. The van der Waals surface area contributed by atoms with Gasteiger partial charge in [-0.3, -0.25) is 0 Å². The van der Waals surface area contributed by atoms with Crippen LogP contribution in [-0.4, -0.2) is 28.0 Å². The summed E-state index contributed by atoms with van der Waals surface area (Å²) < 4.78 is 38.5. The van der Waals surface area contributed by atoms with E-state index in [1.54, 1.807) is 24.3 Å². The number of hydrogen-bond acceptors (Lipinski definition) is 3. The van der Waals surface area contributed by atoms with E-state index in [0.717, 1.165) is 11.6 Å². The molecule has 0 spiro atoms. The van der Waals surface area contributed by atoms with Crippen molar-refractivity contribution in [3.63, 3.8) is 0 Å². The molecule has 0 unspecified atom stereocenters. The largest absolute Gasteiger partial charge is 0.435 e. The predicted molar refractivity (Wildman–Crippen MR) is 67.4 cm³/mol. The minimum absolute atomic E-state index is 0.0611. The number of hydrogen-bond donors (Lipinski definition) is 2. The first-order chi connectivity index (χ1) is 9.50. The summed E-state index contributed by atoms with van der Waals surface area (Å²) in [5.74, 6) is 0. The molecule has 0 aliphatic carbocycles. The van der Waals surface area contributed by atoms with Crippen molar-refractivity contribution in [2.75, 3.05) is 13.2 Å². The normalized spacial score (nSPS) is 11.8. The number of aromatic nitrogens is 2. The Hall–Kier alpha value is -1.86. The van der Waals surface area contributed by atoms with Crippen LogP contribution in [0, 0.1) is 0 Å². The first-order valence-electron chi connectivity index (χ1n) is 6.04. The second-order valence-corrected chi connectivity index (χ2v) is 4.21. The fourth-order valence-corrected chi connectivity index (χ4v) is 1.70. The van der Waals surface area contributed by atoms with Crippen LogP contribution in [0.3, 0.4) is 0 Å². The van der Waals surface area contributed by atoms with E-state index in [0.29, 0.717) is 18.8 Å². The zero-order valence-electron chi connectivity index (χ0n) is 10.6. The Balaban J connectivity index is 2.08. The topological polar surface area (TPSA) is 50.1 Å². The molecule has 1 aromatic heterocycles. The van der Waals surface area contributed by atoms with E-state index < -0.39 is 11.9 Å². The van der Waals surface area contributed by atoms with Crippen LogP contribution in [-0.2, 0) is 12.7 Å². The monoisotopic (exact) mass is 285 g/mol. The highest BCUT2D eigenvalue weighted by Gasteiger charge is 2.33. The fraction of sp³-hybridized carbons (Fsp3) is 0.308. The lowest BCUT2D eigenvalue weighted by molar-refractivity contribution is -0.141. The lowest BCUT2D eigenvalue weighted by Gasteiger charge is -2.06. The van der Waals surface area contributed by atoms with Gasteiger partial charge in [0, 0.05) is 19.3 Å². The predicted octanol–water partition coefficient (Wildman–Crippen LogP) is 1.97. The number of halogens is 3. The van der Waals surface area contributed by atoms with Gasteiger partial charge in [0.1, 0.15) is 0 Å². The standard InChI is InChI=1S/C13H14F3N3O/c14-13(15,16)12-5-7-19(18-12)11-3-1-10(2-4-11)9-17-6-8-20/h1-5,7,17,20H,6,8-9H2. The molecule has 0 fully saturated rings. The Kier molecular flexibility index (Phi) is 4.41. The molecule has 0 radical (unpaired) electrons. The molecule has 2 N–H and O–H groups in total. The van der Waals surface area contributed by atoms with E-state index in [1.165, 1.54) is 10.9 Å². The van der Waals surface area contributed by atoms with E-state index in [4.69, 9.17) is 5.11 Å². The average molecular weight is 285 g/mol. The van der Waals surface area contributed by atoms with E-state index in [2.05, 4.69) is 10.4 Å². The van der Waals surface area contributed by atoms with Gasteiger partial charge in [0.2, 0.25) is 0 Å². The number of aliphatic hydroxyl groups excluding tert-OH is 1. The van der Waals surface area contributed by atoms with E-state index in [-0.39, 0.29) is 6.61 Å². The van der Waals surface area contributed by atoms with Crippen molar-refractivity contribution >= 4 is 0 Å². The molecular weight excluding hydrogens is 271 g/mol. The van der Waals surface area contributed by atoms with Gasteiger partial charge in [-0.25, -0.2) is 4.68 Å². The molecule has 0 amide bonds. The van der Waals surface area contributed by atoms with Crippen molar-refractivity contribution in [1.82, 2.24) is 15.1 Å². The molecule has 0 atom stereocenters. The molecule has 1 heterocycles. The Bertz CT molecular complexity index is 549. The second kappa shape index (κ2) is 6.06. The Morgan fingerprint density at radius 1 is 1.15 bits per heavy atom. The second-order valence-electron chi connectivity index (χ2n) is 4.21. The van der Waals surface area contributed by atoms with Crippen molar-refractivity contribution in [3.8, 4) is 5.69 Å². The van der Waals surface area contributed by atoms with Gasteiger partial charge in [0.25, 0.3) is 0 Å². The molecule has 20 heavy (non-hydrogen) atoms. The zero-order chi connectivity index (χ0) is 14.6. The van der Waals surface area contributed by atoms with Gasteiger partial charge in [-0.05, 0) is 23.8 Å². The maximum absolute atomic E-state index is 12.4. The summed E-state index contributed by atoms with van der Waals surface area (Å²) in [6.45, 7) is 1.15. The summed E-state index contributed by atoms with van der Waals surface area (Å²) in [6, 6.07) is 7.94. The summed E-state index contributed by atoms with van der Waals surface area (Å²) in [5.41, 5.74) is 0.628. The van der Waals surface area contributed by atoms with Crippen LogP contribution < -0.4 is 5.32 Å². The Labute approximate surface area is 113 Å². The van der Waals surface area contributed by atoms with E-state index in [9.17, 15) is 13.2 Å². The number of alkyl halides is 3. The van der Waals surface area contributed by atoms with Gasteiger partial charge in [-0.1, -0.05) is 12.1 Å². The van der Waals surface area contributed by atoms with Gasteiger partial charge in [0.15, 0.2) is 5.69 Å². The smallest absolute Gasteiger partial charge is 0.395 e. The molecule has 0 saturated carbocycles. The molecule has 0 aliphatic heterocycles. The lowest BCUT2D eigenvalue weighted by atomic mass is 10.2. The SMILES string of the molecule is OCCNCc1ccc(-n2ccc(C(F)(F)F)n2)cc1. The summed E-state index contributed by atoms with van der Waals surface area (Å²) in [5, 5.41) is 15.2. The Morgan fingerprint density at radius 3 is 2.40 bits per heavy atom. The van der Waals surface area contributed by atoms with Gasteiger partial charge in [0.05, 0.1) is 12.3 Å². The average Bonchev–Trinajstić information content (AvgIpc) is 2.89. The molecular formula is C13H14F3N3O. The third-order valence-electron chi connectivity index (χ3n) is 2.70. The third kappa shape index (κ3) is 3.58. The molecule has 2 rings (SSSR count). The minimum atomic E-state index is -4.43. The summed E-state index contributed by atoms with van der Waals surface area (Å²) in [4.78, 5) is 0. The first kappa shape index (κ1) is 14.5. The minimum Gasteiger partial charge on any atom is -0.395 e. The molecule has 108 valence electrons. The van der Waals surface area contributed by atoms with Gasteiger partial charge >= 0.3 is 6.18 Å². The van der Waals surface area contributed by atoms with Crippen molar-refractivity contribution in [1.29, 1.82) is 0 Å². The van der Waals surface area contributed by atoms with Crippen LogP contribution >= 0.6 is 0 Å². The highest BCUT2D eigenvalue weighted by Crippen LogP contribution is 2.27. The molecule has 0 aliphatic rings. The lowest BCUT2D eigenvalue weighted by Crippen LogP contribution is -2.17. The summed E-state index contributed by atoms with van der Waals surface area (Å²) in [6.07, 6.45) is -3.15. The number of nitrogens with one attached hydrogen (secondary N) is 1. The van der Waals surface area contributed by atoms with Crippen LogP contribution in [0.25, 0.3) is 5.69 Å². The molecule has 0 saturated heterocycles. The maximum atomic E-state index is 12.4. The number of nitrogens with zero attached hydrogens (tertiary/aromatic N) is 2.